The van der Waals surface area contributed by atoms with Crippen LogP contribution in [0.25, 0.3) is 10.9 Å². The smallest absolute Gasteiger partial charge is 0.290 e. The van der Waals surface area contributed by atoms with Crippen molar-refractivity contribution in [3.8, 4) is 5.75 Å². The highest BCUT2D eigenvalue weighted by molar-refractivity contribution is 6.08. The third-order valence-electron chi connectivity index (χ3n) is 5.41. The first-order valence-corrected chi connectivity index (χ1v) is 9.62. The van der Waals surface area contributed by atoms with Gasteiger partial charge in [0.1, 0.15) is 5.75 Å². The zero-order valence-electron chi connectivity index (χ0n) is 16.1. The minimum atomic E-state index is -0.716. The number of phenolic OH excluding ortho intramolecular Hbond substituents is 1. The molecule has 29 heavy (non-hydrogen) atoms. The number of fused-ring (bicyclic) bond motifs is 1. The molecule has 1 aliphatic rings. The number of nitrogens with one attached hydrogen (secondary N) is 1. The largest absolute Gasteiger partial charge is 0.508 e. The molecule has 6 heteroatoms. The van der Waals surface area contributed by atoms with E-state index < -0.39 is 17.7 Å². The molecule has 0 fully saturated rings. The second-order valence-corrected chi connectivity index (χ2v) is 7.14. The zero-order valence-corrected chi connectivity index (χ0v) is 16.1. The third-order valence-corrected chi connectivity index (χ3v) is 5.41. The maximum atomic E-state index is 12.8. The predicted molar refractivity (Wildman–Crippen MR) is 110 cm³/mol. The van der Waals surface area contributed by atoms with Crippen LogP contribution in [0.4, 0.5) is 0 Å². The normalized spacial score (nSPS) is 16.8. The summed E-state index contributed by atoms with van der Waals surface area (Å²) in [5.41, 5.74) is 2.76. The number of amides is 1. The molecule has 0 bridgehead atoms. The van der Waals surface area contributed by atoms with Gasteiger partial charge in [0.2, 0.25) is 0 Å². The topological polar surface area (TPSA) is 93.6 Å². The van der Waals surface area contributed by atoms with Crippen molar-refractivity contribution in [2.45, 2.75) is 25.8 Å². The Hall–Kier alpha value is -3.54. The minimum Gasteiger partial charge on any atom is -0.508 e. The Balaban J connectivity index is 1.69. The lowest BCUT2D eigenvalue weighted by Gasteiger charge is -2.27. The van der Waals surface area contributed by atoms with Crippen molar-refractivity contribution in [3.63, 3.8) is 0 Å². The number of carbonyl (C=O) groups is 2. The predicted octanol–water partition coefficient (Wildman–Crippen LogP) is 3.79. The molecule has 4 rings (SSSR count). The quantitative estimate of drug-likeness (QED) is 0.597. The number of benzene rings is 2. The summed E-state index contributed by atoms with van der Waals surface area (Å²) in [6.07, 6.45) is 2.66. The molecule has 3 aromatic rings. The second kappa shape index (κ2) is 7.47. The summed E-state index contributed by atoms with van der Waals surface area (Å²) in [5.74, 6) is -1.29. The van der Waals surface area contributed by atoms with Crippen LogP contribution >= 0.6 is 0 Å². The van der Waals surface area contributed by atoms with Gasteiger partial charge in [-0.3, -0.25) is 9.59 Å². The van der Waals surface area contributed by atoms with Crippen LogP contribution in [0.15, 0.2) is 66.1 Å². The first-order valence-electron chi connectivity index (χ1n) is 9.62. The van der Waals surface area contributed by atoms with E-state index in [9.17, 15) is 19.8 Å². The summed E-state index contributed by atoms with van der Waals surface area (Å²) in [4.78, 5) is 30.1. The fourth-order valence-corrected chi connectivity index (χ4v) is 3.98. The van der Waals surface area contributed by atoms with Crippen molar-refractivity contribution in [2.24, 2.45) is 0 Å². The van der Waals surface area contributed by atoms with Gasteiger partial charge in [-0.15, -0.1) is 0 Å². The number of aromatic amines is 1. The van der Waals surface area contributed by atoms with Crippen molar-refractivity contribution in [1.82, 2.24) is 9.88 Å². The van der Waals surface area contributed by atoms with E-state index in [-0.39, 0.29) is 23.5 Å². The number of para-hydroxylation sites is 1. The molecule has 148 valence electrons. The Bertz CT molecular complexity index is 1130. The zero-order chi connectivity index (χ0) is 20.5. The number of aromatic hydroxyl groups is 1. The monoisotopic (exact) mass is 390 g/mol. The molecule has 0 saturated heterocycles. The SMILES string of the molecule is CCC(=O)C1=C(O)C(=O)N(CCc2c[nH]c3ccccc23)C1c1cccc(O)c1. The summed E-state index contributed by atoms with van der Waals surface area (Å²) in [5, 5.41) is 21.4. The fraction of sp³-hybridized carbons (Fsp3) is 0.217. The van der Waals surface area contributed by atoms with E-state index in [1.165, 1.54) is 17.0 Å². The van der Waals surface area contributed by atoms with Gasteiger partial charge in [-0.1, -0.05) is 37.3 Å². The molecule has 0 saturated carbocycles. The summed E-state index contributed by atoms with van der Waals surface area (Å²) in [6.45, 7) is 2.02. The lowest BCUT2D eigenvalue weighted by molar-refractivity contribution is -0.129. The molecule has 0 aliphatic carbocycles. The van der Waals surface area contributed by atoms with E-state index in [2.05, 4.69) is 4.98 Å². The van der Waals surface area contributed by atoms with Gasteiger partial charge in [-0.2, -0.15) is 0 Å². The molecule has 1 unspecified atom stereocenters. The van der Waals surface area contributed by atoms with Gasteiger partial charge in [0.15, 0.2) is 11.5 Å². The highest BCUT2D eigenvalue weighted by atomic mass is 16.3. The first kappa shape index (κ1) is 18.8. The number of ketones is 1. The van der Waals surface area contributed by atoms with Crippen molar-refractivity contribution >= 4 is 22.6 Å². The van der Waals surface area contributed by atoms with Gasteiger partial charge < -0.3 is 20.1 Å². The van der Waals surface area contributed by atoms with Gasteiger partial charge >= 0.3 is 0 Å². The first-order chi connectivity index (χ1) is 14.0. The molecule has 6 nitrogen and oxygen atoms in total. The highest BCUT2D eigenvalue weighted by Gasteiger charge is 2.42. The number of aromatic nitrogens is 1. The van der Waals surface area contributed by atoms with Gasteiger partial charge in [0, 0.05) is 30.1 Å². The Morgan fingerprint density at radius 3 is 2.69 bits per heavy atom. The van der Waals surface area contributed by atoms with E-state index in [0.717, 1.165) is 16.5 Å². The third kappa shape index (κ3) is 3.27. The Morgan fingerprint density at radius 1 is 1.14 bits per heavy atom. The molecular formula is C23H22N2O4. The lowest BCUT2D eigenvalue weighted by atomic mass is 9.94. The molecule has 3 N–H and O–H groups in total. The number of aliphatic hydroxyl groups is 1. The van der Waals surface area contributed by atoms with Crippen LogP contribution in [0.1, 0.15) is 30.5 Å². The van der Waals surface area contributed by atoms with Gasteiger partial charge in [0.05, 0.1) is 11.6 Å². The molecule has 1 atom stereocenters. The molecule has 2 aromatic carbocycles. The fourth-order valence-electron chi connectivity index (χ4n) is 3.98. The average Bonchev–Trinajstić information content (AvgIpc) is 3.25. The molecule has 0 spiro atoms. The molecule has 0 radical (unpaired) electrons. The van der Waals surface area contributed by atoms with E-state index in [1.807, 2.05) is 30.5 Å². The molecule has 1 aliphatic heterocycles. The minimum absolute atomic E-state index is 0.0428. The number of rotatable bonds is 6. The Morgan fingerprint density at radius 2 is 1.93 bits per heavy atom. The summed E-state index contributed by atoms with van der Waals surface area (Å²) in [6, 6.07) is 13.7. The van der Waals surface area contributed by atoms with Crippen molar-refractivity contribution in [3.05, 3.63) is 77.2 Å². The van der Waals surface area contributed by atoms with E-state index in [1.54, 1.807) is 19.1 Å². The van der Waals surface area contributed by atoms with Crippen molar-refractivity contribution in [1.29, 1.82) is 0 Å². The number of aliphatic hydroxyl groups excluding tert-OH is 1. The maximum absolute atomic E-state index is 12.8. The summed E-state index contributed by atoms with van der Waals surface area (Å²) >= 11 is 0. The standard InChI is InChI=1S/C23H22N2O4/c1-2-19(27)20-21(14-6-5-7-16(26)12-14)25(23(29)22(20)28)11-10-15-13-24-18-9-4-3-8-17(15)18/h3-9,12-13,21,24,26,28H,2,10-11H2,1H3. The van der Waals surface area contributed by atoms with Crippen LogP contribution in [-0.2, 0) is 16.0 Å². The number of phenols is 1. The number of Topliss-reactive ketones (excluding diaryl/α,β-unsaturated/α-hetero) is 1. The lowest BCUT2D eigenvalue weighted by Crippen LogP contribution is -2.33. The maximum Gasteiger partial charge on any atom is 0.290 e. The molecule has 1 amide bonds. The number of carbonyl (C=O) groups excluding carboxylic acids is 2. The van der Waals surface area contributed by atoms with Crippen LogP contribution in [0.2, 0.25) is 0 Å². The van der Waals surface area contributed by atoms with Gasteiger partial charge in [0.25, 0.3) is 5.91 Å². The number of hydrogen-bond acceptors (Lipinski definition) is 4. The van der Waals surface area contributed by atoms with E-state index in [4.69, 9.17) is 0 Å². The number of H-pyrrole nitrogens is 1. The van der Waals surface area contributed by atoms with Crippen molar-refractivity contribution < 1.29 is 19.8 Å². The summed E-state index contributed by atoms with van der Waals surface area (Å²) < 4.78 is 0. The van der Waals surface area contributed by atoms with E-state index >= 15 is 0 Å². The molecule has 1 aromatic heterocycles. The second-order valence-electron chi connectivity index (χ2n) is 7.14. The highest BCUT2D eigenvalue weighted by Crippen LogP contribution is 2.39. The van der Waals surface area contributed by atoms with Crippen LogP contribution in [0.3, 0.4) is 0 Å². The van der Waals surface area contributed by atoms with E-state index in [0.29, 0.717) is 18.5 Å². The van der Waals surface area contributed by atoms with Crippen molar-refractivity contribution in [2.75, 3.05) is 6.54 Å². The number of nitrogens with zero attached hydrogens (tertiary/aromatic N) is 1. The average molecular weight is 390 g/mol. The van der Waals surface area contributed by atoms with Crippen LogP contribution in [0.5, 0.6) is 5.75 Å². The van der Waals surface area contributed by atoms with Crippen LogP contribution in [0, 0.1) is 0 Å². The Kier molecular flexibility index (Phi) is 4.84. The molecular weight excluding hydrogens is 368 g/mol. The molecule has 2 heterocycles. The van der Waals surface area contributed by atoms with Crippen LogP contribution in [-0.4, -0.2) is 38.3 Å². The van der Waals surface area contributed by atoms with Crippen LogP contribution < -0.4 is 0 Å². The van der Waals surface area contributed by atoms with Gasteiger partial charge in [-0.25, -0.2) is 0 Å². The Labute approximate surface area is 168 Å². The number of hydrogen-bond donors (Lipinski definition) is 3. The van der Waals surface area contributed by atoms with Gasteiger partial charge in [-0.05, 0) is 35.7 Å². The summed E-state index contributed by atoms with van der Waals surface area (Å²) in [7, 11) is 0.